The predicted octanol–water partition coefficient (Wildman–Crippen LogP) is 3.27. The second-order valence-electron chi connectivity index (χ2n) is 7.22. The van der Waals surface area contributed by atoms with Gasteiger partial charge < -0.3 is 4.90 Å². The van der Waals surface area contributed by atoms with Crippen LogP contribution in [0.15, 0.2) is 12.1 Å². The highest BCUT2D eigenvalue weighted by Crippen LogP contribution is 2.41. The van der Waals surface area contributed by atoms with Gasteiger partial charge in [-0.1, -0.05) is 11.6 Å². The molecule has 118 valence electrons. The molecule has 0 aromatic heterocycles. The highest BCUT2D eigenvalue weighted by molar-refractivity contribution is 6.34. The van der Waals surface area contributed by atoms with Crippen molar-refractivity contribution in [3.63, 3.8) is 0 Å². The third kappa shape index (κ3) is 2.17. The summed E-state index contributed by atoms with van der Waals surface area (Å²) >= 11 is 6.33. The fraction of sp³-hybridized carbons (Fsp3) is 0.611. The molecule has 22 heavy (non-hydrogen) atoms. The zero-order chi connectivity index (χ0) is 15.4. The predicted molar refractivity (Wildman–Crippen MR) is 88.5 cm³/mol. The average Bonchev–Trinajstić information content (AvgIpc) is 3.13. The Morgan fingerprint density at radius 1 is 1.23 bits per heavy atom. The van der Waals surface area contributed by atoms with Gasteiger partial charge in [0, 0.05) is 25.2 Å². The lowest BCUT2D eigenvalue weighted by molar-refractivity contribution is 0.0768. The molecule has 1 aromatic rings. The van der Waals surface area contributed by atoms with Gasteiger partial charge in [-0.05, 0) is 68.8 Å². The van der Waals surface area contributed by atoms with Crippen molar-refractivity contribution in [2.24, 2.45) is 5.92 Å². The largest absolute Gasteiger partial charge is 0.337 e. The molecule has 3 aliphatic heterocycles. The van der Waals surface area contributed by atoms with Crippen molar-refractivity contribution in [1.82, 2.24) is 9.80 Å². The van der Waals surface area contributed by atoms with Gasteiger partial charge in [-0.2, -0.15) is 0 Å². The molecule has 1 unspecified atom stereocenters. The number of rotatable bonds is 1. The number of fused-ring (bicyclic) bond motifs is 3. The van der Waals surface area contributed by atoms with Crippen LogP contribution >= 0.6 is 11.6 Å². The van der Waals surface area contributed by atoms with Gasteiger partial charge in [-0.25, -0.2) is 0 Å². The fourth-order valence-corrected chi connectivity index (χ4v) is 4.94. The SMILES string of the molecule is Cc1cc(Cl)c(C(=O)N2C[C@H]3CC4CCCN4[C@H]3C2)cc1C. The molecule has 0 aliphatic carbocycles. The quantitative estimate of drug-likeness (QED) is 0.793. The smallest absolute Gasteiger partial charge is 0.255 e. The molecule has 0 radical (unpaired) electrons. The van der Waals surface area contributed by atoms with Crippen molar-refractivity contribution in [1.29, 1.82) is 0 Å². The van der Waals surface area contributed by atoms with Crippen LogP contribution in [0.2, 0.25) is 5.02 Å². The summed E-state index contributed by atoms with van der Waals surface area (Å²) in [5.74, 6) is 0.776. The monoisotopic (exact) mass is 318 g/mol. The second kappa shape index (κ2) is 5.24. The molecule has 0 saturated carbocycles. The van der Waals surface area contributed by atoms with Crippen LogP contribution in [0.5, 0.6) is 0 Å². The Morgan fingerprint density at radius 3 is 2.82 bits per heavy atom. The number of halogens is 1. The zero-order valence-corrected chi connectivity index (χ0v) is 14.1. The molecule has 0 spiro atoms. The van der Waals surface area contributed by atoms with E-state index >= 15 is 0 Å². The van der Waals surface area contributed by atoms with Crippen LogP contribution in [0.1, 0.15) is 40.7 Å². The van der Waals surface area contributed by atoms with Gasteiger partial charge in [0.05, 0.1) is 10.6 Å². The minimum atomic E-state index is 0.109. The van der Waals surface area contributed by atoms with Crippen LogP contribution in [0, 0.1) is 19.8 Å². The first-order valence-corrected chi connectivity index (χ1v) is 8.74. The highest BCUT2D eigenvalue weighted by atomic mass is 35.5. The van der Waals surface area contributed by atoms with Crippen LogP contribution in [-0.2, 0) is 0 Å². The fourth-order valence-electron chi connectivity index (χ4n) is 4.64. The summed E-state index contributed by atoms with van der Waals surface area (Å²) in [6.45, 7) is 7.07. The summed E-state index contributed by atoms with van der Waals surface area (Å²) in [5.41, 5.74) is 2.94. The summed E-state index contributed by atoms with van der Waals surface area (Å²) in [5, 5.41) is 0.587. The second-order valence-corrected chi connectivity index (χ2v) is 7.63. The van der Waals surface area contributed by atoms with Crippen molar-refractivity contribution in [2.75, 3.05) is 19.6 Å². The molecule has 1 amide bonds. The van der Waals surface area contributed by atoms with Crippen LogP contribution in [0.3, 0.4) is 0 Å². The van der Waals surface area contributed by atoms with E-state index in [4.69, 9.17) is 11.6 Å². The Bertz CT molecular complexity index is 630. The minimum absolute atomic E-state index is 0.109. The van der Waals surface area contributed by atoms with Gasteiger partial charge >= 0.3 is 0 Å². The van der Waals surface area contributed by atoms with Gasteiger partial charge in [-0.3, -0.25) is 9.69 Å². The van der Waals surface area contributed by atoms with E-state index in [-0.39, 0.29) is 5.91 Å². The molecule has 3 nitrogen and oxygen atoms in total. The molecule has 1 aromatic carbocycles. The Morgan fingerprint density at radius 2 is 2.00 bits per heavy atom. The van der Waals surface area contributed by atoms with Gasteiger partial charge in [0.1, 0.15) is 0 Å². The van der Waals surface area contributed by atoms with Gasteiger partial charge in [-0.15, -0.1) is 0 Å². The number of carbonyl (C=O) groups excluding carboxylic acids is 1. The molecule has 3 aliphatic rings. The van der Waals surface area contributed by atoms with Crippen molar-refractivity contribution < 1.29 is 4.79 Å². The first-order chi connectivity index (χ1) is 10.5. The Balaban J connectivity index is 1.54. The maximum atomic E-state index is 12.9. The van der Waals surface area contributed by atoms with Crippen LogP contribution in [0.25, 0.3) is 0 Å². The minimum Gasteiger partial charge on any atom is -0.337 e. The lowest BCUT2D eigenvalue weighted by atomic mass is 10.0. The highest BCUT2D eigenvalue weighted by Gasteiger charge is 2.48. The summed E-state index contributed by atoms with van der Waals surface area (Å²) in [4.78, 5) is 17.6. The maximum absolute atomic E-state index is 12.9. The van der Waals surface area contributed by atoms with Crippen LogP contribution in [0.4, 0.5) is 0 Å². The Kier molecular flexibility index (Phi) is 3.46. The average molecular weight is 319 g/mol. The molecule has 4 heteroatoms. The molecular formula is C18H23ClN2O. The number of benzene rings is 1. The Hall–Kier alpha value is -1.06. The molecule has 4 rings (SSSR count). The molecule has 3 heterocycles. The van der Waals surface area contributed by atoms with E-state index < -0.39 is 0 Å². The normalized spacial score (nSPS) is 30.7. The van der Waals surface area contributed by atoms with E-state index in [1.54, 1.807) is 0 Å². The standard InChI is InChI=1S/C18H23ClN2O/c1-11-6-15(16(19)7-12(11)2)18(22)20-9-13-8-14-4-3-5-21(14)17(13)10-20/h6-7,13-14,17H,3-5,8-10H2,1-2H3/t13-,14?,17+/m1/s1. The van der Waals surface area contributed by atoms with E-state index in [1.807, 2.05) is 30.9 Å². The van der Waals surface area contributed by atoms with Gasteiger partial charge in [0.15, 0.2) is 0 Å². The third-order valence-corrected chi connectivity index (χ3v) is 6.24. The van der Waals surface area contributed by atoms with Crippen molar-refractivity contribution >= 4 is 17.5 Å². The van der Waals surface area contributed by atoms with Crippen molar-refractivity contribution in [3.8, 4) is 0 Å². The summed E-state index contributed by atoms with van der Waals surface area (Å²) in [6, 6.07) is 5.24. The number of amides is 1. The van der Waals surface area contributed by atoms with Crippen molar-refractivity contribution in [3.05, 3.63) is 33.8 Å². The molecular weight excluding hydrogens is 296 g/mol. The Labute approximate surface area is 137 Å². The first kappa shape index (κ1) is 14.5. The van der Waals surface area contributed by atoms with E-state index in [0.717, 1.165) is 30.3 Å². The van der Waals surface area contributed by atoms with Crippen LogP contribution in [-0.4, -0.2) is 47.4 Å². The van der Waals surface area contributed by atoms with Crippen molar-refractivity contribution in [2.45, 2.75) is 45.2 Å². The van der Waals surface area contributed by atoms with Gasteiger partial charge in [0.2, 0.25) is 0 Å². The third-order valence-electron chi connectivity index (χ3n) is 5.93. The topological polar surface area (TPSA) is 23.6 Å². The molecule has 0 bridgehead atoms. The summed E-state index contributed by atoms with van der Waals surface area (Å²) in [6.07, 6.45) is 3.95. The summed E-state index contributed by atoms with van der Waals surface area (Å²) in [7, 11) is 0. The molecule has 3 atom stereocenters. The van der Waals surface area contributed by atoms with E-state index in [9.17, 15) is 4.79 Å². The van der Waals surface area contributed by atoms with Crippen LogP contribution < -0.4 is 0 Å². The zero-order valence-electron chi connectivity index (χ0n) is 13.3. The number of likely N-dealkylation sites (tertiary alicyclic amines) is 1. The van der Waals surface area contributed by atoms with Gasteiger partial charge in [0.25, 0.3) is 5.91 Å². The number of aryl methyl sites for hydroxylation is 2. The maximum Gasteiger partial charge on any atom is 0.255 e. The first-order valence-electron chi connectivity index (χ1n) is 8.36. The lowest BCUT2D eigenvalue weighted by Crippen LogP contribution is -2.38. The molecule has 0 N–H and O–H groups in total. The number of hydrogen-bond acceptors (Lipinski definition) is 2. The molecule has 3 saturated heterocycles. The summed E-state index contributed by atoms with van der Waals surface area (Å²) < 4.78 is 0. The van der Waals surface area contributed by atoms with E-state index in [2.05, 4.69) is 4.90 Å². The van der Waals surface area contributed by atoms with E-state index in [1.165, 1.54) is 25.8 Å². The van der Waals surface area contributed by atoms with E-state index in [0.29, 0.717) is 22.5 Å². The number of nitrogens with zero attached hydrogens (tertiary/aromatic N) is 2. The lowest BCUT2D eigenvalue weighted by Gasteiger charge is -2.25. The molecule has 3 fully saturated rings. The number of carbonyl (C=O) groups is 1. The number of hydrogen-bond donors (Lipinski definition) is 0.